The molecule has 2 aliphatic rings. The third-order valence-electron chi connectivity index (χ3n) is 7.52. The van der Waals surface area contributed by atoms with Crippen LogP contribution in [0.25, 0.3) is 5.69 Å². The van der Waals surface area contributed by atoms with E-state index < -0.39 is 5.97 Å². The number of ether oxygens (including phenoxy) is 2. The fraction of sp³-hybridized carbons (Fsp3) is 0.250. The SMILES string of the molecule is COC(=O)c1nn(-c2ccc(OCc3ccccc3)cc2)c2c1CCN(c1ccc(N3CCCCC3=O)cc1)C2=O. The second-order valence-electron chi connectivity index (χ2n) is 10.1. The number of benzene rings is 3. The number of hydrogen-bond donors (Lipinski definition) is 0. The van der Waals surface area contributed by atoms with Crippen molar-refractivity contribution in [1.29, 1.82) is 0 Å². The van der Waals surface area contributed by atoms with Crippen molar-refractivity contribution in [3.63, 3.8) is 0 Å². The fourth-order valence-electron chi connectivity index (χ4n) is 5.37. The molecule has 0 atom stereocenters. The number of esters is 1. The third kappa shape index (κ3) is 5.18. The molecule has 2 aliphatic heterocycles. The molecule has 1 saturated heterocycles. The lowest BCUT2D eigenvalue weighted by Crippen LogP contribution is -2.39. The number of fused-ring (bicyclic) bond motifs is 1. The maximum Gasteiger partial charge on any atom is 0.358 e. The standard InChI is InChI=1S/C32H30N4O5/c1-40-32(39)29-27-18-20-35(24-12-10-23(11-13-24)34-19-6-5-9-28(34)37)31(38)30(27)36(33-29)25-14-16-26(17-15-25)41-21-22-7-3-2-4-8-22/h2-4,7-8,10-17H,5-6,9,18-21H2,1H3. The number of amides is 2. The van der Waals surface area contributed by atoms with Gasteiger partial charge in [-0.1, -0.05) is 30.3 Å². The third-order valence-corrected chi connectivity index (χ3v) is 7.52. The van der Waals surface area contributed by atoms with Crippen molar-refractivity contribution >= 4 is 29.2 Å². The normalized spacial score (nSPS) is 15.0. The zero-order valence-corrected chi connectivity index (χ0v) is 22.8. The average molecular weight is 551 g/mol. The Bertz CT molecular complexity index is 1580. The first-order chi connectivity index (χ1) is 20.0. The van der Waals surface area contributed by atoms with Gasteiger partial charge in [0.15, 0.2) is 5.69 Å². The Kier molecular flexibility index (Phi) is 7.24. The molecule has 3 heterocycles. The predicted molar refractivity (Wildman–Crippen MR) is 154 cm³/mol. The highest BCUT2D eigenvalue weighted by Gasteiger charge is 2.35. The summed E-state index contributed by atoms with van der Waals surface area (Å²) in [6, 6.07) is 24.6. The first kappa shape index (κ1) is 26.3. The monoisotopic (exact) mass is 550 g/mol. The maximum atomic E-state index is 13.9. The van der Waals surface area contributed by atoms with E-state index in [1.165, 1.54) is 11.8 Å². The van der Waals surface area contributed by atoms with Crippen LogP contribution < -0.4 is 14.5 Å². The fourth-order valence-corrected chi connectivity index (χ4v) is 5.37. The largest absolute Gasteiger partial charge is 0.489 e. The highest BCUT2D eigenvalue weighted by molar-refractivity contribution is 6.09. The van der Waals surface area contributed by atoms with Crippen molar-refractivity contribution < 1.29 is 23.9 Å². The molecule has 1 fully saturated rings. The molecule has 6 rings (SSSR count). The minimum absolute atomic E-state index is 0.124. The molecular weight excluding hydrogens is 520 g/mol. The molecule has 0 aliphatic carbocycles. The van der Waals surface area contributed by atoms with Gasteiger partial charge in [-0.05, 0) is 73.4 Å². The molecule has 2 amide bonds. The molecule has 0 unspecified atom stereocenters. The van der Waals surface area contributed by atoms with Gasteiger partial charge in [0, 0.05) is 36.4 Å². The number of piperidine rings is 1. The maximum absolute atomic E-state index is 13.9. The quantitative estimate of drug-likeness (QED) is 0.302. The van der Waals surface area contributed by atoms with Crippen LogP contribution in [0.5, 0.6) is 5.75 Å². The zero-order chi connectivity index (χ0) is 28.3. The van der Waals surface area contributed by atoms with E-state index >= 15 is 0 Å². The number of methoxy groups -OCH3 is 1. The molecule has 1 aromatic heterocycles. The van der Waals surface area contributed by atoms with E-state index in [2.05, 4.69) is 5.10 Å². The van der Waals surface area contributed by atoms with Gasteiger partial charge in [-0.2, -0.15) is 5.10 Å². The molecule has 0 spiro atoms. The Balaban J connectivity index is 1.28. The van der Waals surface area contributed by atoms with E-state index in [0.29, 0.717) is 60.9 Å². The van der Waals surface area contributed by atoms with Crippen LogP contribution in [0.2, 0.25) is 0 Å². The lowest BCUT2D eigenvalue weighted by Gasteiger charge is -2.29. The van der Waals surface area contributed by atoms with Crippen LogP contribution in [-0.4, -0.2) is 47.8 Å². The van der Waals surface area contributed by atoms with Crippen LogP contribution in [0.1, 0.15) is 51.4 Å². The summed E-state index contributed by atoms with van der Waals surface area (Å²) in [5.74, 6) is -0.0508. The number of carbonyl (C=O) groups is 3. The summed E-state index contributed by atoms with van der Waals surface area (Å²) in [6.07, 6.45) is 2.90. The minimum atomic E-state index is -0.584. The van der Waals surface area contributed by atoms with Crippen molar-refractivity contribution in [2.24, 2.45) is 0 Å². The van der Waals surface area contributed by atoms with Gasteiger partial charge >= 0.3 is 5.97 Å². The Labute approximate surface area is 237 Å². The number of aromatic nitrogens is 2. The summed E-state index contributed by atoms with van der Waals surface area (Å²) in [6.45, 7) is 1.52. The van der Waals surface area contributed by atoms with Crippen molar-refractivity contribution in [3.05, 3.63) is 101 Å². The molecule has 0 saturated carbocycles. The molecule has 0 radical (unpaired) electrons. The van der Waals surface area contributed by atoms with Gasteiger partial charge in [-0.25, -0.2) is 9.48 Å². The van der Waals surface area contributed by atoms with Gasteiger partial charge in [0.2, 0.25) is 5.91 Å². The van der Waals surface area contributed by atoms with Gasteiger partial charge in [-0.15, -0.1) is 0 Å². The molecule has 4 aromatic rings. The molecule has 9 nitrogen and oxygen atoms in total. The van der Waals surface area contributed by atoms with E-state index in [1.807, 2.05) is 78.9 Å². The summed E-state index contributed by atoms with van der Waals surface area (Å²) >= 11 is 0. The summed E-state index contributed by atoms with van der Waals surface area (Å²) in [7, 11) is 1.30. The second kappa shape index (κ2) is 11.3. The van der Waals surface area contributed by atoms with E-state index in [0.717, 1.165) is 24.1 Å². The van der Waals surface area contributed by atoms with Crippen LogP contribution in [0.15, 0.2) is 78.9 Å². The van der Waals surface area contributed by atoms with Gasteiger partial charge < -0.3 is 19.3 Å². The molecule has 9 heteroatoms. The average Bonchev–Trinajstić information content (AvgIpc) is 3.42. The summed E-state index contributed by atoms with van der Waals surface area (Å²) in [5, 5.41) is 4.53. The van der Waals surface area contributed by atoms with Crippen molar-refractivity contribution in [3.8, 4) is 11.4 Å². The Hall–Kier alpha value is -4.92. The van der Waals surface area contributed by atoms with E-state index in [-0.39, 0.29) is 17.5 Å². The molecule has 41 heavy (non-hydrogen) atoms. The van der Waals surface area contributed by atoms with Gasteiger partial charge in [0.05, 0.1) is 12.8 Å². The Morgan fingerprint density at radius 2 is 1.49 bits per heavy atom. The van der Waals surface area contributed by atoms with Crippen molar-refractivity contribution in [2.45, 2.75) is 32.3 Å². The molecule has 0 N–H and O–H groups in total. The smallest absolute Gasteiger partial charge is 0.358 e. The lowest BCUT2D eigenvalue weighted by atomic mass is 10.0. The number of hydrogen-bond acceptors (Lipinski definition) is 6. The molecule has 208 valence electrons. The lowest BCUT2D eigenvalue weighted by molar-refractivity contribution is -0.119. The zero-order valence-electron chi connectivity index (χ0n) is 22.8. The predicted octanol–water partition coefficient (Wildman–Crippen LogP) is 4.96. The van der Waals surface area contributed by atoms with Crippen LogP contribution in [-0.2, 0) is 22.6 Å². The molecular formula is C32H30N4O5. The number of anilines is 2. The highest BCUT2D eigenvalue weighted by Crippen LogP contribution is 2.31. The van der Waals surface area contributed by atoms with E-state index in [9.17, 15) is 14.4 Å². The van der Waals surface area contributed by atoms with Gasteiger partial charge in [-0.3, -0.25) is 9.59 Å². The van der Waals surface area contributed by atoms with Crippen LogP contribution in [0.3, 0.4) is 0 Å². The van der Waals surface area contributed by atoms with Crippen LogP contribution in [0.4, 0.5) is 11.4 Å². The second-order valence-corrected chi connectivity index (χ2v) is 10.1. The minimum Gasteiger partial charge on any atom is -0.489 e. The molecule has 3 aromatic carbocycles. The van der Waals surface area contributed by atoms with E-state index in [1.54, 1.807) is 9.80 Å². The highest BCUT2D eigenvalue weighted by atomic mass is 16.5. The number of rotatable bonds is 7. The summed E-state index contributed by atoms with van der Waals surface area (Å²) in [5.41, 5.74) is 4.25. The van der Waals surface area contributed by atoms with Crippen molar-refractivity contribution in [1.82, 2.24) is 9.78 Å². The number of nitrogens with zero attached hydrogens (tertiary/aromatic N) is 4. The van der Waals surface area contributed by atoms with Crippen LogP contribution in [0, 0.1) is 0 Å². The Morgan fingerprint density at radius 3 is 2.17 bits per heavy atom. The van der Waals surface area contributed by atoms with Gasteiger partial charge in [0.1, 0.15) is 18.1 Å². The summed E-state index contributed by atoms with van der Waals surface area (Å²) < 4.78 is 12.4. The van der Waals surface area contributed by atoms with Crippen molar-refractivity contribution in [2.75, 3.05) is 30.0 Å². The topological polar surface area (TPSA) is 94.0 Å². The Morgan fingerprint density at radius 1 is 0.805 bits per heavy atom. The molecule has 0 bridgehead atoms. The van der Waals surface area contributed by atoms with Crippen LogP contribution >= 0.6 is 0 Å². The van der Waals surface area contributed by atoms with Gasteiger partial charge in [0.25, 0.3) is 5.91 Å². The van der Waals surface area contributed by atoms with E-state index in [4.69, 9.17) is 9.47 Å². The number of carbonyl (C=O) groups excluding carboxylic acids is 3. The first-order valence-electron chi connectivity index (χ1n) is 13.7. The summed E-state index contributed by atoms with van der Waals surface area (Å²) in [4.78, 5) is 42.4. The first-order valence-corrected chi connectivity index (χ1v) is 13.7.